The molecule has 24 heavy (non-hydrogen) atoms. The SMILES string of the molecule is C[C@H](Nc1nc2ccccc2s1)C(=O)N/N=C/c1ccc(O)cc1. The number of rotatable bonds is 5. The Balaban J connectivity index is 1.57. The van der Waals surface area contributed by atoms with Gasteiger partial charge in [0.05, 0.1) is 16.4 Å². The molecule has 0 radical (unpaired) electrons. The van der Waals surface area contributed by atoms with Gasteiger partial charge in [-0.15, -0.1) is 0 Å². The van der Waals surface area contributed by atoms with Gasteiger partial charge in [0.2, 0.25) is 0 Å². The number of carbonyl (C=O) groups excluding carboxylic acids is 1. The lowest BCUT2D eigenvalue weighted by molar-refractivity contribution is -0.121. The number of para-hydroxylation sites is 1. The van der Waals surface area contributed by atoms with Crippen molar-refractivity contribution < 1.29 is 9.90 Å². The van der Waals surface area contributed by atoms with Gasteiger partial charge in [0.25, 0.3) is 5.91 Å². The summed E-state index contributed by atoms with van der Waals surface area (Å²) in [5.41, 5.74) is 4.17. The number of carbonyl (C=O) groups is 1. The predicted octanol–water partition coefficient (Wildman–Crippen LogP) is 2.95. The second kappa shape index (κ2) is 7.10. The molecule has 0 spiro atoms. The molecular formula is C17H16N4O2S. The van der Waals surface area contributed by atoms with Crippen LogP contribution in [0.5, 0.6) is 5.75 Å². The molecule has 6 nitrogen and oxygen atoms in total. The zero-order valence-corrected chi connectivity index (χ0v) is 13.7. The van der Waals surface area contributed by atoms with Gasteiger partial charge >= 0.3 is 0 Å². The van der Waals surface area contributed by atoms with Crippen molar-refractivity contribution >= 4 is 38.8 Å². The van der Waals surface area contributed by atoms with Crippen molar-refractivity contribution in [2.75, 3.05) is 5.32 Å². The number of phenolic OH excluding ortho intramolecular Hbond substituents is 1. The minimum Gasteiger partial charge on any atom is -0.508 e. The molecule has 122 valence electrons. The summed E-state index contributed by atoms with van der Waals surface area (Å²) in [6, 6.07) is 13.9. The van der Waals surface area contributed by atoms with E-state index in [1.165, 1.54) is 17.6 Å². The van der Waals surface area contributed by atoms with Gasteiger partial charge in [-0.2, -0.15) is 5.10 Å². The van der Waals surface area contributed by atoms with Crippen LogP contribution in [0.15, 0.2) is 53.6 Å². The number of benzene rings is 2. The number of aromatic hydroxyl groups is 1. The third-order valence-electron chi connectivity index (χ3n) is 3.31. The van der Waals surface area contributed by atoms with Crippen LogP contribution in [0.3, 0.4) is 0 Å². The molecule has 3 rings (SSSR count). The zero-order chi connectivity index (χ0) is 16.9. The van der Waals surface area contributed by atoms with E-state index in [4.69, 9.17) is 0 Å². The average Bonchev–Trinajstić information content (AvgIpc) is 2.98. The lowest BCUT2D eigenvalue weighted by Gasteiger charge is -2.10. The van der Waals surface area contributed by atoms with Crippen LogP contribution in [-0.2, 0) is 4.79 Å². The van der Waals surface area contributed by atoms with Crippen LogP contribution in [-0.4, -0.2) is 28.3 Å². The van der Waals surface area contributed by atoms with Gasteiger partial charge in [-0.25, -0.2) is 10.4 Å². The van der Waals surface area contributed by atoms with E-state index in [9.17, 15) is 9.90 Å². The van der Waals surface area contributed by atoms with Crippen LogP contribution >= 0.6 is 11.3 Å². The Bertz CT molecular complexity index is 841. The number of hydrazone groups is 1. The van der Waals surface area contributed by atoms with Gasteiger partial charge in [-0.1, -0.05) is 23.5 Å². The molecule has 1 amide bonds. The first-order valence-electron chi connectivity index (χ1n) is 7.36. The lowest BCUT2D eigenvalue weighted by atomic mass is 10.2. The third kappa shape index (κ3) is 3.88. The highest BCUT2D eigenvalue weighted by atomic mass is 32.1. The van der Waals surface area contributed by atoms with Gasteiger partial charge in [-0.05, 0) is 48.9 Å². The van der Waals surface area contributed by atoms with Gasteiger partial charge in [0.15, 0.2) is 5.13 Å². The third-order valence-corrected chi connectivity index (χ3v) is 4.28. The van der Waals surface area contributed by atoms with E-state index in [1.807, 2.05) is 24.3 Å². The van der Waals surface area contributed by atoms with Gasteiger partial charge < -0.3 is 10.4 Å². The smallest absolute Gasteiger partial charge is 0.262 e. The molecule has 1 heterocycles. The maximum Gasteiger partial charge on any atom is 0.262 e. The fourth-order valence-electron chi connectivity index (χ4n) is 2.01. The summed E-state index contributed by atoms with van der Waals surface area (Å²) >= 11 is 1.50. The fraction of sp³-hybridized carbons (Fsp3) is 0.118. The second-order valence-corrected chi connectivity index (χ2v) is 6.21. The highest BCUT2D eigenvalue weighted by molar-refractivity contribution is 7.22. The summed E-state index contributed by atoms with van der Waals surface area (Å²) in [6.45, 7) is 1.75. The number of hydrogen-bond acceptors (Lipinski definition) is 6. The van der Waals surface area contributed by atoms with Crippen LogP contribution in [0.25, 0.3) is 10.2 Å². The maximum absolute atomic E-state index is 12.1. The maximum atomic E-state index is 12.1. The Hall–Kier alpha value is -2.93. The van der Waals surface area contributed by atoms with E-state index in [1.54, 1.807) is 31.2 Å². The monoisotopic (exact) mass is 340 g/mol. The first kappa shape index (κ1) is 15.9. The molecule has 1 aromatic heterocycles. The quantitative estimate of drug-likeness (QED) is 0.492. The molecule has 0 aliphatic rings. The van der Waals surface area contributed by atoms with E-state index in [0.717, 1.165) is 15.8 Å². The van der Waals surface area contributed by atoms with Crippen molar-refractivity contribution in [2.24, 2.45) is 5.10 Å². The molecule has 0 saturated heterocycles. The van der Waals surface area contributed by atoms with Crippen molar-refractivity contribution in [1.29, 1.82) is 0 Å². The Labute approximate surface area is 142 Å². The van der Waals surface area contributed by atoms with E-state index < -0.39 is 6.04 Å². The highest BCUT2D eigenvalue weighted by Crippen LogP contribution is 2.25. The number of amides is 1. The molecule has 3 aromatic rings. The molecule has 0 saturated carbocycles. The standard InChI is InChI=1S/C17H16N4O2S/c1-11(19-17-20-14-4-2-3-5-15(14)24-17)16(23)21-18-10-12-6-8-13(22)9-7-12/h2-11,22H,1H3,(H,19,20)(H,21,23)/b18-10+/t11-/m0/s1. The van der Waals surface area contributed by atoms with Crippen LogP contribution in [0.2, 0.25) is 0 Å². The van der Waals surface area contributed by atoms with Gasteiger partial charge in [-0.3, -0.25) is 4.79 Å². The Morgan fingerprint density at radius 1 is 1.25 bits per heavy atom. The number of aromatic nitrogens is 1. The molecule has 3 N–H and O–H groups in total. The highest BCUT2D eigenvalue weighted by Gasteiger charge is 2.13. The van der Waals surface area contributed by atoms with Crippen LogP contribution in [0, 0.1) is 0 Å². The molecule has 0 aliphatic carbocycles. The fourth-order valence-corrected chi connectivity index (χ4v) is 2.97. The molecule has 2 aromatic carbocycles. The minimum atomic E-state index is -0.470. The lowest BCUT2D eigenvalue weighted by Crippen LogP contribution is -2.34. The van der Waals surface area contributed by atoms with Crippen LogP contribution in [0.4, 0.5) is 5.13 Å². The number of nitrogens with zero attached hydrogens (tertiary/aromatic N) is 2. The van der Waals surface area contributed by atoms with E-state index in [0.29, 0.717) is 5.13 Å². The number of fused-ring (bicyclic) bond motifs is 1. The topological polar surface area (TPSA) is 86.6 Å². The summed E-state index contributed by atoms with van der Waals surface area (Å²) in [7, 11) is 0. The van der Waals surface area contributed by atoms with Crippen LogP contribution in [0.1, 0.15) is 12.5 Å². The Morgan fingerprint density at radius 2 is 2.00 bits per heavy atom. The van der Waals surface area contributed by atoms with Crippen molar-refractivity contribution in [2.45, 2.75) is 13.0 Å². The van der Waals surface area contributed by atoms with Gasteiger partial charge in [0.1, 0.15) is 11.8 Å². The predicted molar refractivity (Wildman–Crippen MR) is 96.5 cm³/mol. The number of anilines is 1. The molecule has 0 fully saturated rings. The van der Waals surface area contributed by atoms with E-state index in [-0.39, 0.29) is 11.7 Å². The Kier molecular flexibility index (Phi) is 4.72. The van der Waals surface area contributed by atoms with Crippen molar-refractivity contribution in [3.05, 3.63) is 54.1 Å². The summed E-state index contributed by atoms with van der Waals surface area (Å²) in [4.78, 5) is 16.5. The summed E-state index contributed by atoms with van der Waals surface area (Å²) in [5.74, 6) is -0.0749. The van der Waals surface area contributed by atoms with Crippen LogP contribution < -0.4 is 10.7 Å². The minimum absolute atomic E-state index is 0.185. The number of nitrogens with one attached hydrogen (secondary N) is 2. The van der Waals surface area contributed by atoms with E-state index >= 15 is 0 Å². The number of phenols is 1. The summed E-state index contributed by atoms with van der Waals surface area (Å²) < 4.78 is 1.07. The van der Waals surface area contributed by atoms with Gasteiger partial charge in [0, 0.05) is 0 Å². The molecule has 0 aliphatic heterocycles. The molecular weight excluding hydrogens is 324 g/mol. The van der Waals surface area contributed by atoms with Crippen molar-refractivity contribution in [3.8, 4) is 5.75 Å². The Morgan fingerprint density at radius 3 is 2.75 bits per heavy atom. The molecule has 0 unspecified atom stereocenters. The van der Waals surface area contributed by atoms with Crippen molar-refractivity contribution in [1.82, 2.24) is 10.4 Å². The molecule has 0 bridgehead atoms. The second-order valence-electron chi connectivity index (χ2n) is 5.18. The first-order valence-corrected chi connectivity index (χ1v) is 8.17. The average molecular weight is 340 g/mol. The molecule has 7 heteroatoms. The largest absolute Gasteiger partial charge is 0.508 e. The first-order chi connectivity index (χ1) is 11.6. The normalized spacial score (nSPS) is 12.4. The number of hydrogen-bond donors (Lipinski definition) is 3. The molecule has 1 atom stereocenters. The summed E-state index contributed by atoms with van der Waals surface area (Å²) in [6.07, 6.45) is 1.52. The van der Waals surface area contributed by atoms with E-state index in [2.05, 4.69) is 20.8 Å². The zero-order valence-electron chi connectivity index (χ0n) is 12.9. The summed E-state index contributed by atoms with van der Waals surface area (Å²) in [5, 5.41) is 16.9. The van der Waals surface area contributed by atoms with Crippen molar-refractivity contribution in [3.63, 3.8) is 0 Å². The number of thiazole rings is 1.